The van der Waals surface area contributed by atoms with Crippen molar-refractivity contribution in [1.82, 2.24) is 5.32 Å². The molecule has 1 aromatic carbocycles. The molecule has 1 aromatic rings. The molecule has 6 nitrogen and oxygen atoms in total. The smallest absolute Gasteiger partial charge is 0.251 e. The molecule has 20 heavy (non-hydrogen) atoms. The summed E-state index contributed by atoms with van der Waals surface area (Å²) in [4.78, 5) is 11.9. The zero-order valence-corrected chi connectivity index (χ0v) is 11.8. The zero-order valence-electron chi connectivity index (χ0n) is 11.8. The number of aliphatic hydroxyl groups excluding tert-OH is 1. The number of carbonyl (C=O) groups is 1. The Kier molecular flexibility index (Phi) is 6.83. The number of hydrogen-bond acceptors (Lipinski definition) is 5. The average Bonchev–Trinajstić information content (AvgIpc) is 2.46. The van der Waals surface area contributed by atoms with Crippen molar-refractivity contribution < 1.29 is 24.5 Å². The summed E-state index contributed by atoms with van der Waals surface area (Å²) in [7, 11) is 1.42. The first-order chi connectivity index (χ1) is 9.62. The fourth-order valence-corrected chi connectivity index (χ4v) is 1.73. The van der Waals surface area contributed by atoms with Crippen LogP contribution in [-0.2, 0) is 4.74 Å². The van der Waals surface area contributed by atoms with E-state index in [1.165, 1.54) is 25.3 Å². The molecule has 112 valence electrons. The molecule has 0 radical (unpaired) electrons. The van der Waals surface area contributed by atoms with Gasteiger partial charge in [-0.1, -0.05) is 0 Å². The lowest BCUT2D eigenvalue weighted by Gasteiger charge is -2.14. The molecule has 0 saturated heterocycles. The number of carbonyl (C=O) groups excluding carboxylic acids is 1. The summed E-state index contributed by atoms with van der Waals surface area (Å²) < 4.78 is 10.2. The summed E-state index contributed by atoms with van der Waals surface area (Å²) >= 11 is 0. The minimum absolute atomic E-state index is 0.0132. The van der Waals surface area contributed by atoms with Crippen molar-refractivity contribution in [2.75, 3.05) is 26.9 Å². The van der Waals surface area contributed by atoms with E-state index in [9.17, 15) is 9.90 Å². The Morgan fingerprint density at radius 1 is 1.45 bits per heavy atom. The van der Waals surface area contributed by atoms with Crippen molar-refractivity contribution in [1.29, 1.82) is 0 Å². The maximum atomic E-state index is 11.9. The predicted molar refractivity (Wildman–Crippen MR) is 74.1 cm³/mol. The Balaban J connectivity index is 2.50. The molecule has 0 heterocycles. The second kappa shape index (κ2) is 8.39. The fraction of sp³-hybridized carbons (Fsp3) is 0.500. The van der Waals surface area contributed by atoms with Crippen molar-refractivity contribution in [3.63, 3.8) is 0 Å². The molecule has 0 aliphatic heterocycles. The van der Waals surface area contributed by atoms with Gasteiger partial charge in [0.05, 0.1) is 19.8 Å². The molecule has 1 rings (SSSR count). The molecule has 0 aromatic heterocycles. The van der Waals surface area contributed by atoms with E-state index in [1.807, 2.05) is 6.92 Å². The van der Waals surface area contributed by atoms with E-state index in [4.69, 9.17) is 14.6 Å². The number of benzene rings is 1. The Bertz CT molecular complexity index is 436. The summed E-state index contributed by atoms with van der Waals surface area (Å²) in [5, 5.41) is 21.2. The van der Waals surface area contributed by atoms with Gasteiger partial charge in [-0.25, -0.2) is 0 Å². The predicted octanol–water partition coefficient (Wildman–Crippen LogP) is 0.918. The topological polar surface area (TPSA) is 88.0 Å². The van der Waals surface area contributed by atoms with E-state index in [0.717, 1.165) is 0 Å². The monoisotopic (exact) mass is 283 g/mol. The van der Waals surface area contributed by atoms with Gasteiger partial charge in [0.2, 0.25) is 0 Å². The molecule has 3 N–H and O–H groups in total. The first kappa shape index (κ1) is 16.3. The number of amides is 1. The Morgan fingerprint density at radius 3 is 2.80 bits per heavy atom. The second-order valence-electron chi connectivity index (χ2n) is 4.19. The molecule has 0 fully saturated rings. The van der Waals surface area contributed by atoms with Crippen molar-refractivity contribution in [2.45, 2.75) is 19.4 Å². The van der Waals surface area contributed by atoms with E-state index < -0.39 is 0 Å². The fourth-order valence-electron chi connectivity index (χ4n) is 1.73. The van der Waals surface area contributed by atoms with Crippen LogP contribution in [0.25, 0.3) is 0 Å². The third-order valence-electron chi connectivity index (χ3n) is 2.80. The van der Waals surface area contributed by atoms with Crippen LogP contribution in [-0.4, -0.2) is 49.1 Å². The SMILES string of the molecule is CCO[C@H](CO)CCNC(=O)c1ccc(O)c(OC)c1. The van der Waals surface area contributed by atoms with Crippen LogP contribution in [0.3, 0.4) is 0 Å². The van der Waals surface area contributed by atoms with Gasteiger partial charge in [0.1, 0.15) is 0 Å². The highest BCUT2D eigenvalue weighted by atomic mass is 16.5. The molecule has 1 atom stereocenters. The Morgan fingerprint density at radius 2 is 2.20 bits per heavy atom. The molecule has 0 unspecified atom stereocenters. The maximum Gasteiger partial charge on any atom is 0.251 e. The average molecular weight is 283 g/mol. The summed E-state index contributed by atoms with van der Waals surface area (Å²) in [5.41, 5.74) is 0.400. The number of phenolic OH excluding ortho intramolecular Hbond substituents is 1. The lowest BCUT2D eigenvalue weighted by molar-refractivity contribution is 0.0154. The first-order valence-corrected chi connectivity index (χ1v) is 6.50. The van der Waals surface area contributed by atoms with E-state index in [1.54, 1.807) is 0 Å². The summed E-state index contributed by atoms with van der Waals surface area (Å²) in [6.45, 7) is 2.70. The van der Waals surface area contributed by atoms with Crippen LogP contribution in [0.15, 0.2) is 18.2 Å². The van der Waals surface area contributed by atoms with Crippen LogP contribution in [0.4, 0.5) is 0 Å². The molecular weight excluding hydrogens is 262 g/mol. The number of rotatable bonds is 8. The van der Waals surface area contributed by atoms with Gasteiger partial charge in [-0.05, 0) is 31.5 Å². The maximum absolute atomic E-state index is 11.9. The van der Waals surface area contributed by atoms with Crippen LogP contribution in [0.5, 0.6) is 11.5 Å². The molecule has 1 amide bonds. The number of phenols is 1. The highest BCUT2D eigenvalue weighted by molar-refractivity contribution is 5.94. The quantitative estimate of drug-likeness (QED) is 0.660. The number of hydrogen-bond donors (Lipinski definition) is 3. The van der Waals surface area contributed by atoms with E-state index in [2.05, 4.69) is 5.32 Å². The molecular formula is C14H21NO5. The van der Waals surface area contributed by atoms with Crippen molar-refractivity contribution >= 4 is 5.91 Å². The van der Waals surface area contributed by atoms with Crippen LogP contribution in [0, 0.1) is 0 Å². The van der Waals surface area contributed by atoms with Gasteiger partial charge in [0, 0.05) is 18.7 Å². The molecule has 0 bridgehead atoms. The number of aromatic hydroxyl groups is 1. The zero-order chi connectivity index (χ0) is 15.0. The highest BCUT2D eigenvalue weighted by Crippen LogP contribution is 2.26. The van der Waals surface area contributed by atoms with Gasteiger partial charge in [-0.3, -0.25) is 4.79 Å². The minimum Gasteiger partial charge on any atom is -0.504 e. The minimum atomic E-state index is -0.269. The van der Waals surface area contributed by atoms with Crippen LogP contribution < -0.4 is 10.1 Å². The van der Waals surface area contributed by atoms with Gasteiger partial charge in [0.15, 0.2) is 11.5 Å². The first-order valence-electron chi connectivity index (χ1n) is 6.50. The Labute approximate surface area is 118 Å². The van der Waals surface area contributed by atoms with Gasteiger partial charge in [-0.2, -0.15) is 0 Å². The highest BCUT2D eigenvalue weighted by Gasteiger charge is 2.11. The van der Waals surface area contributed by atoms with Gasteiger partial charge in [-0.15, -0.1) is 0 Å². The standard InChI is InChI=1S/C14H21NO5/c1-3-20-11(9-16)6-7-15-14(18)10-4-5-12(17)13(8-10)19-2/h4-5,8,11,16-17H,3,6-7,9H2,1-2H3,(H,15,18)/t11-/m0/s1. The van der Waals surface area contributed by atoms with Crippen LogP contribution >= 0.6 is 0 Å². The van der Waals surface area contributed by atoms with Crippen molar-refractivity contribution in [3.05, 3.63) is 23.8 Å². The van der Waals surface area contributed by atoms with Crippen LogP contribution in [0.1, 0.15) is 23.7 Å². The molecule has 0 saturated carbocycles. The Hall–Kier alpha value is -1.79. The number of ether oxygens (including phenoxy) is 2. The van der Waals surface area contributed by atoms with Crippen LogP contribution in [0.2, 0.25) is 0 Å². The lowest BCUT2D eigenvalue weighted by Crippen LogP contribution is -2.29. The van der Waals surface area contributed by atoms with E-state index in [0.29, 0.717) is 25.1 Å². The third kappa shape index (κ3) is 4.71. The molecule has 0 aliphatic rings. The van der Waals surface area contributed by atoms with Gasteiger partial charge in [0.25, 0.3) is 5.91 Å². The van der Waals surface area contributed by atoms with E-state index in [-0.39, 0.29) is 30.1 Å². The van der Waals surface area contributed by atoms with E-state index >= 15 is 0 Å². The second-order valence-corrected chi connectivity index (χ2v) is 4.19. The van der Waals surface area contributed by atoms with Gasteiger partial charge < -0.3 is 25.0 Å². The van der Waals surface area contributed by atoms with Gasteiger partial charge >= 0.3 is 0 Å². The molecule has 6 heteroatoms. The molecule has 0 aliphatic carbocycles. The van der Waals surface area contributed by atoms with Crippen molar-refractivity contribution in [3.8, 4) is 11.5 Å². The third-order valence-corrected chi connectivity index (χ3v) is 2.80. The van der Waals surface area contributed by atoms with Crippen molar-refractivity contribution in [2.24, 2.45) is 0 Å². The molecule has 0 spiro atoms. The largest absolute Gasteiger partial charge is 0.504 e. The summed E-state index contributed by atoms with van der Waals surface area (Å²) in [6, 6.07) is 4.39. The normalized spacial score (nSPS) is 11.9. The lowest BCUT2D eigenvalue weighted by atomic mass is 10.2. The number of methoxy groups -OCH3 is 1. The summed E-state index contributed by atoms with van der Waals surface area (Å²) in [5.74, 6) is -0.0302. The summed E-state index contributed by atoms with van der Waals surface area (Å²) in [6.07, 6.45) is 0.264. The number of aliphatic hydroxyl groups is 1. The number of nitrogens with one attached hydrogen (secondary N) is 1.